The van der Waals surface area contributed by atoms with Crippen molar-refractivity contribution in [2.45, 2.75) is 6.54 Å². The molecule has 0 aliphatic rings. The molecule has 0 fully saturated rings. The fourth-order valence-corrected chi connectivity index (χ4v) is 1.67. The van der Waals surface area contributed by atoms with Gasteiger partial charge in [0.1, 0.15) is 5.69 Å². The van der Waals surface area contributed by atoms with Gasteiger partial charge in [-0.1, -0.05) is 11.6 Å². The van der Waals surface area contributed by atoms with Gasteiger partial charge in [-0.3, -0.25) is 4.79 Å². The van der Waals surface area contributed by atoms with E-state index in [1.54, 1.807) is 31.4 Å². The van der Waals surface area contributed by atoms with E-state index < -0.39 is 0 Å². The lowest BCUT2D eigenvalue weighted by Gasteiger charge is -2.08. The van der Waals surface area contributed by atoms with Gasteiger partial charge in [-0.25, -0.2) is 0 Å². The van der Waals surface area contributed by atoms with E-state index in [0.717, 1.165) is 0 Å². The molecule has 2 aromatic heterocycles. The first-order chi connectivity index (χ1) is 9.20. The largest absolute Gasteiger partial charge is 0.383 e. The number of methoxy groups -OCH3 is 1. The topological polar surface area (TPSA) is 69.0 Å². The van der Waals surface area contributed by atoms with E-state index in [0.29, 0.717) is 24.7 Å². The van der Waals surface area contributed by atoms with Gasteiger partial charge in [0.05, 0.1) is 6.61 Å². The second-order valence-electron chi connectivity index (χ2n) is 3.78. The highest BCUT2D eigenvalue weighted by Gasteiger charge is 2.11. The molecule has 2 rings (SSSR count). The minimum atomic E-state index is -0.252. The number of carbonyl (C=O) groups is 1. The van der Waals surface area contributed by atoms with Gasteiger partial charge >= 0.3 is 0 Å². The van der Waals surface area contributed by atoms with Crippen LogP contribution in [0.5, 0.6) is 0 Å². The lowest BCUT2D eigenvalue weighted by atomic mass is 10.4. The van der Waals surface area contributed by atoms with Crippen LogP contribution in [-0.4, -0.2) is 34.4 Å². The average Bonchev–Trinajstić information content (AvgIpc) is 2.87. The first-order valence-corrected chi connectivity index (χ1v) is 6.03. The van der Waals surface area contributed by atoms with Gasteiger partial charge < -0.3 is 14.6 Å². The Bertz CT molecular complexity index is 553. The number of ether oxygens (including phenoxy) is 1. The SMILES string of the molecule is COCCn1cccc1C(=O)Nc1ccc(Cl)nn1. The third kappa shape index (κ3) is 3.52. The van der Waals surface area contributed by atoms with Gasteiger partial charge in [0.15, 0.2) is 11.0 Å². The lowest BCUT2D eigenvalue weighted by molar-refractivity contribution is 0.101. The standard InChI is InChI=1S/C12H13ClN4O2/c1-19-8-7-17-6-2-3-9(17)12(18)14-11-5-4-10(13)15-16-11/h2-6H,7-8H2,1H3,(H,14,16,18). The van der Waals surface area contributed by atoms with Gasteiger partial charge in [-0.15, -0.1) is 10.2 Å². The Morgan fingerprint density at radius 2 is 2.26 bits per heavy atom. The van der Waals surface area contributed by atoms with Crippen molar-refractivity contribution in [2.24, 2.45) is 0 Å². The van der Waals surface area contributed by atoms with Crippen LogP contribution in [0.1, 0.15) is 10.5 Å². The van der Waals surface area contributed by atoms with Crippen LogP contribution in [0, 0.1) is 0 Å². The third-order valence-electron chi connectivity index (χ3n) is 2.47. The highest BCUT2D eigenvalue weighted by molar-refractivity contribution is 6.29. The highest BCUT2D eigenvalue weighted by atomic mass is 35.5. The Labute approximate surface area is 115 Å². The normalized spacial score (nSPS) is 10.4. The summed E-state index contributed by atoms with van der Waals surface area (Å²) in [5.41, 5.74) is 0.536. The van der Waals surface area contributed by atoms with E-state index in [2.05, 4.69) is 15.5 Å². The van der Waals surface area contributed by atoms with Crippen LogP contribution in [0.25, 0.3) is 0 Å². The fourth-order valence-electron chi connectivity index (χ4n) is 1.57. The maximum Gasteiger partial charge on any atom is 0.273 e. The molecule has 2 aromatic rings. The molecule has 2 heterocycles. The van der Waals surface area contributed by atoms with Crippen molar-refractivity contribution in [3.05, 3.63) is 41.3 Å². The molecule has 0 aromatic carbocycles. The van der Waals surface area contributed by atoms with Crippen LogP contribution >= 0.6 is 11.6 Å². The Morgan fingerprint density at radius 3 is 2.95 bits per heavy atom. The Balaban J connectivity index is 2.07. The van der Waals surface area contributed by atoms with Crippen LogP contribution in [0.15, 0.2) is 30.5 Å². The van der Waals surface area contributed by atoms with E-state index in [4.69, 9.17) is 16.3 Å². The van der Waals surface area contributed by atoms with Gasteiger partial charge in [-0.2, -0.15) is 0 Å². The molecule has 6 nitrogen and oxygen atoms in total. The van der Waals surface area contributed by atoms with Crippen molar-refractivity contribution in [1.29, 1.82) is 0 Å². The van der Waals surface area contributed by atoms with Crippen LogP contribution in [0.2, 0.25) is 5.15 Å². The summed E-state index contributed by atoms with van der Waals surface area (Å²) in [6, 6.07) is 6.69. The zero-order chi connectivity index (χ0) is 13.7. The molecule has 7 heteroatoms. The van der Waals surface area contributed by atoms with Gasteiger partial charge in [0.2, 0.25) is 0 Å². The van der Waals surface area contributed by atoms with Gasteiger partial charge in [0.25, 0.3) is 5.91 Å². The van der Waals surface area contributed by atoms with E-state index >= 15 is 0 Å². The van der Waals surface area contributed by atoms with E-state index in [1.165, 1.54) is 0 Å². The Hall–Kier alpha value is -1.92. The van der Waals surface area contributed by atoms with Crippen molar-refractivity contribution >= 4 is 23.3 Å². The summed E-state index contributed by atoms with van der Waals surface area (Å²) in [5, 5.41) is 10.4. The summed E-state index contributed by atoms with van der Waals surface area (Å²) >= 11 is 5.63. The van der Waals surface area contributed by atoms with Gasteiger partial charge in [0, 0.05) is 19.9 Å². The molecule has 0 atom stereocenters. The van der Waals surface area contributed by atoms with Crippen molar-refractivity contribution in [1.82, 2.24) is 14.8 Å². The van der Waals surface area contributed by atoms with E-state index in [9.17, 15) is 4.79 Å². The monoisotopic (exact) mass is 280 g/mol. The van der Waals surface area contributed by atoms with Crippen LogP contribution in [0.3, 0.4) is 0 Å². The fraction of sp³-hybridized carbons (Fsp3) is 0.250. The summed E-state index contributed by atoms with van der Waals surface area (Å²) in [4.78, 5) is 12.1. The molecule has 0 aliphatic heterocycles. The molecule has 0 spiro atoms. The molecule has 19 heavy (non-hydrogen) atoms. The number of hydrogen-bond acceptors (Lipinski definition) is 4. The van der Waals surface area contributed by atoms with Crippen molar-refractivity contribution in [2.75, 3.05) is 19.0 Å². The highest BCUT2D eigenvalue weighted by Crippen LogP contribution is 2.09. The molecule has 1 N–H and O–H groups in total. The molecule has 0 radical (unpaired) electrons. The number of hydrogen-bond donors (Lipinski definition) is 1. The van der Waals surface area contributed by atoms with E-state index in [-0.39, 0.29) is 11.1 Å². The molecule has 0 aliphatic carbocycles. The van der Waals surface area contributed by atoms with Crippen LogP contribution in [0.4, 0.5) is 5.82 Å². The minimum absolute atomic E-state index is 0.252. The summed E-state index contributed by atoms with van der Waals surface area (Å²) in [6.07, 6.45) is 1.82. The number of nitrogens with zero attached hydrogens (tertiary/aromatic N) is 3. The van der Waals surface area contributed by atoms with Gasteiger partial charge in [-0.05, 0) is 24.3 Å². The third-order valence-corrected chi connectivity index (χ3v) is 2.67. The van der Waals surface area contributed by atoms with Crippen molar-refractivity contribution < 1.29 is 9.53 Å². The van der Waals surface area contributed by atoms with Crippen LogP contribution < -0.4 is 5.32 Å². The summed E-state index contributed by atoms with van der Waals surface area (Å²) < 4.78 is 6.80. The maximum atomic E-state index is 12.1. The molecule has 0 bridgehead atoms. The second kappa shape index (κ2) is 6.31. The Morgan fingerprint density at radius 1 is 1.42 bits per heavy atom. The zero-order valence-corrected chi connectivity index (χ0v) is 11.1. The predicted octanol–water partition coefficient (Wildman–Crippen LogP) is 1.83. The number of anilines is 1. The van der Waals surface area contributed by atoms with Crippen LogP contribution in [-0.2, 0) is 11.3 Å². The number of aromatic nitrogens is 3. The lowest BCUT2D eigenvalue weighted by Crippen LogP contribution is -2.18. The predicted molar refractivity (Wildman–Crippen MR) is 71.3 cm³/mol. The molecule has 0 saturated carbocycles. The number of halogens is 1. The molecule has 1 amide bonds. The molecular formula is C12H13ClN4O2. The average molecular weight is 281 g/mol. The molecular weight excluding hydrogens is 268 g/mol. The van der Waals surface area contributed by atoms with Crippen molar-refractivity contribution in [3.8, 4) is 0 Å². The number of amides is 1. The van der Waals surface area contributed by atoms with E-state index in [1.807, 2.05) is 10.8 Å². The summed E-state index contributed by atoms with van der Waals surface area (Å²) in [5.74, 6) is 0.103. The number of nitrogens with one attached hydrogen (secondary N) is 1. The number of rotatable bonds is 5. The zero-order valence-electron chi connectivity index (χ0n) is 10.3. The first kappa shape index (κ1) is 13.5. The second-order valence-corrected chi connectivity index (χ2v) is 4.16. The molecule has 100 valence electrons. The Kier molecular flexibility index (Phi) is 4.48. The maximum absolute atomic E-state index is 12.1. The minimum Gasteiger partial charge on any atom is -0.383 e. The molecule has 0 unspecified atom stereocenters. The quantitative estimate of drug-likeness (QED) is 0.907. The first-order valence-electron chi connectivity index (χ1n) is 5.65. The molecule has 0 saturated heterocycles. The van der Waals surface area contributed by atoms with Crippen molar-refractivity contribution in [3.63, 3.8) is 0 Å². The number of carbonyl (C=O) groups excluding carboxylic acids is 1. The summed E-state index contributed by atoms with van der Waals surface area (Å²) in [7, 11) is 1.62. The smallest absolute Gasteiger partial charge is 0.273 e. The summed E-state index contributed by atoms with van der Waals surface area (Å²) in [6.45, 7) is 1.15.